The fraction of sp³-hybridized carbons (Fsp3) is 0.379. The molecule has 1 aromatic heterocycles. The SMILES string of the molecule is CC(C)(C)OC(=O)NC1CCC(NC(=O)c2cc3ccc(C#N)cc3n2Cc2ccc(C(=O)O)cc2)CC1. The molecule has 4 rings (SSSR count). The summed E-state index contributed by atoms with van der Waals surface area (Å²) in [5.74, 6) is -1.22. The van der Waals surface area contributed by atoms with E-state index in [1.54, 1.807) is 24.3 Å². The number of carbonyl (C=O) groups excluding carboxylic acids is 2. The number of ether oxygens (including phenoxy) is 1. The van der Waals surface area contributed by atoms with Crippen LogP contribution < -0.4 is 10.6 Å². The Kier molecular flexibility index (Phi) is 7.72. The Balaban J connectivity index is 1.48. The number of hydrogen-bond donors (Lipinski definition) is 3. The summed E-state index contributed by atoms with van der Waals surface area (Å²) in [6.45, 7) is 5.81. The maximum absolute atomic E-state index is 13.4. The fourth-order valence-electron chi connectivity index (χ4n) is 4.73. The molecule has 0 atom stereocenters. The molecule has 3 N–H and O–H groups in total. The van der Waals surface area contributed by atoms with Gasteiger partial charge < -0.3 is 25.0 Å². The van der Waals surface area contributed by atoms with Crippen LogP contribution in [-0.2, 0) is 11.3 Å². The molecule has 38 heavy (non-hydrogen) atoms. The second kappa shape index (κ2) is 11.0. The van der Waals surface area contributed by atoms with Gasteiger partial charge in [0.15, 0.2) is 0 Å². The minimum Gasteiger partial charge on any atom is -0.478 e. The Morgan fingerprint density at radius 1 is 1.00 bits per heavy atom. The number of benzene rings is 2. The summed E-state index contributed by atoms with van der Waals surface area (Å²) in [6, 6.07) is 15.7. The molecule has 0 unspecified atom stereocenters. The molecule has 0 spiro atoms. The van der Waals surface area contributed by atoms with E-state index in [4.69, 9.17) is 4.74 Å². The molecule has 9 heteroatoms. The Bertz CT molecular complexity index is 1390. The molecular formula is C29H32N4O5. The zero-order valence-corrected chi connectivity index (χ0v) is 21.8. The van der Waals surface area contributed by atoms with Gasteiger partial charge in [0.25, 0.3) is 5.91 Å². The zero-order chi connectivity index (χ0) is 27.4. The van der Waals surface area contributed by atoms with E-state index in [9.17, 15) is 24.8 Å². The van der Waals surface area contributed by atoms with Gasteiger partial charge in [0.1, 0.15) is 11.3 Å². The van der Waals surface area contributed by atoms with Gasteiger partial charge in [-0.25, -0.2) is 9.59 Å². The number of carbonyl (C=O) groups is 3. The van der Waals surface area contributed by atoms with E-state index in [1.807, 2.05) is 37.5 Å². The van der Waals surface area contributed by atoms with Crippen molar-refractivity contribution in [1.82, 2.24) is 15.2 Å². The lowest BCUT2D eigenvalue weighted by Crippen LogP contribution is -2.45. The summed E-state index contributed by atoms with van der Waals surface area (Å²) in [5.41, 5.74) is 2.17. The fourth-order valence-corrected chi connectivity index (χ4v) is 4.73. The van der Waals surface area contributed by atoms with Crippen molar-refractivity contribution in [2.75, 3.05) is 0 Å². The van der Waals surface area contributed by atoms with E-state index < -0.39 is 17.7 Å². The van der Waals surface area contributed by atoms with Crippen LogP contribution in [0.15, 0.2) is 48.5 Å². The summed E-state index contributed by atoms with van der Waals surface area (Å²) in [5, 5.41) is 25.5. The van der Waals surface area contributed by atoms with Crippen LogP contribution in [0.25, 0.3) is 10.9 Å². The number of alkyl carbamates (subject to hydrolysis) is 1. The topological polar surface area (TPSA) is 133 Å². The van der Waals surface area contributed by atoms with Gasteiger partial charge in [-0.3, -0.25) is 4.79 Å². The van der Waals surface area contributed by atoms with Gasteiger partial charge >= 0.3 is 12.1 Å². The van der Waals surface area contributed by atoms with Crippen LogP contribution in [-0.4, -0.2) is 45.3 Å². The van der Waals surface area contributed by atoms with E-state index >= 15 is 0 Å². The highest BCUT2D eigenvalue weighted by atomic mass is 16.6. The lowest BCUT2D eigenvalue weighted by Gasteiger charge is -2.30. The molecule has 1 saturated carbocycles. The highest BCUT2D eigenvalue weighted by Crippen LogP contribution is 2.25. The van der Waals surface area contributed by atoms with Gasteiger partial charge in [-0.15, -0.1) is 0 Å². The van der Waals surface area contributed by atoms with Crippen molar-refractivity contribution in [2.45, 2.75) is 70.7 Å². The minimum absolute atomic E-state index is 0.00243. The third kappa shape index (κ3) is 6.51. The lowest BCUT2D eigenvalue weighted by molar-refractivity contribution is 0.0487. The van der Waals surface area contributed by atoms with Crippen LogP contribution in [0.3, 0.4) is 0 Å². The monoisotopic (exact) mass is 516 g/mol. The van der Waals surface area contributed by atoms with Gasteiger partial charge in [0.05, 0.1) is 22.7 Å². The maximum atomic E-state index is 13.4. The predicted molar refractivity (Wildman–Crippen MR) is 142 cm³/mol. The van der Waals surface area contributed by atoms with Crippen molar-refractivity contribution in [3.05, 3.63) is 70.9 Å². The molecule has 2 aromatic carbocycles. The number of fused-ring (bicyclic) bond motifs is 1. The summed E-state index contributed by atoms with van der Waals surface area (Å²) in [7, 11) is 0. The molecule has 1 fully saturated rings. The summed E-state index contributed by atoms with van der Waals surface area (Å²) in [4.78, 5) is 36.7. The standard InChI is InChI=1S/C29H32N4O5/c1-29(2,3)38-28(37)32-23-12-10-22(11-13-23)31-26(34)25-15-21-9-6-19(16-30)14-24(21)33(25)17-18-4-7-20(8-5-18)27(35)36/h4-9,14-15,22-23H,10-13,17H2,1-3H3,(H,31,34)(H,32,37)(H,35,36). The molecule has 2 amide bonds. The number of nitriles is 1. The van der Waals surface area contributed by atoms with Crippen molar-refractivity contribution < 1.29 is 24.2 Å². The molecule has 0 bridgehead atoms. The first-order chi connectivity index (χ1) is 18.0. The van der Waals surface area contributed by atoms with Crippen LogP contribution >= 0.6 is 0 Å². The largest absolute Gasteiger partial charge is 0.478 e. The molecule has 9 nitrogen and oxygen atoms in total. The predicted octanol–water partition coefficient (Wildman–Crippen LogP) is 4.83. The number of aromatic carboxylic acids is 1. The van der Waals surface area contributed by atoms with E-state index in [2.05, 4.69) is 16.7 Å². The average molecular weight is 517 g/mol. The number of carboxylic acid groups (broad SMARTS) is 1. The zero-order valence-electron chi connectivity index (χ0n) is 21.8. The van der Waals surface area contributed by atoms with Gasteiger partial charge in [-0.1, -0.05) is 18.2 Å². The molecule has 0 saturated heterocycles. The number of nitrogens with one attached hydrogen (secondary N) is 2. The third-order valence-electron chi connectivity index (χ3n) is 6.59. The number of amides is 2. The second-order valence-corrected chi connectivity index (χ2v) is 10.7. The number of rotatable bonds is 6. The molecule has 0 radical (unpaired) electrons. The third-order valence-corrected chi connectivity index (χ3v) is 6.59. The number of nitrogens with zero attached hydrogens (tertiary/aromatic N) is 2. The number of hydrogen-bond acceptors (Lipinski definition) is 5. The van der Waals surface area contributed by atoms with Crippen LogP contribution in [0.4, 0.5) is 4.79 Å². The molecule has 1 aliphatic carbocycles. The molecule has 198 valence electrons. The highest BCUT2D eigenvalue weighted by Gasteiger charge is 2.27. The second-order valence-electron chi connectivity index (χ2n) is 10.7. The van der Waals surface area contributed by atoms with Gasteiger partial charge in [-0.05, 0) is 82.3 Å². The van der Waals surface area contributed by atoms with Crippen molar-refractivity contribution >= 4 is 28.9 Å². The van der Waals surface area contributed by atoms with Crippen molar-refractivity contribution in [3.8, 4) is 6.07 Å². The molecule has 3 aromatic rings. The molecule has 1 heterocycles. The van der Waals surface area contributed by atoms with E-state index in [-0.39, 0.29) is 23.6 Å². The highest BCUT2D eigenvalue weighted by molar-refractivity contribution is 5.99. The Labute approximate surface area is 221 Å². The summed E-state index contributed by atoms with van der Waals surface area (Å²) in [6.07, 6.45) is 2.48. The number of carboxylic acids is 1. The number of aromatic nitrogens is 1. The van der Waals surface area contributed by atoms with Crippen molar-refractivity contribution in [3.63, 3.8) is 0 Å². The summed E-state index contributed by atoms with van der Waals surface area (Å²) < 4.78 is 7.20. The van der Waals surface area contributed by atoms with Crippen LogP contribution in [0.1, 0.15) is 78.4 Å². The van der Waals surface area contributed by atoms with E-state index in [1.165, 1.54) is 12.1 Å². The van der Waals surface area contributed by atoms with Crippen molar-refractivity contribution in [2.24, 2.45) is 0 Å². The first-order valence-corrected chi connectivity index (χ1v) is 12.7. The molecular weight excluding hydrogens is 484 g/mol. The van der Waals surface area contributed by atoms with Crippen molar-refractivity contribution in [1.29, 1.82) is 5.26 Å². The Hall–Kier alpha value is -4.32. The molecule has 0 aliphatic heterocycles. The Morgan fingerprint density at radius 2 is 1.63 bits per heavy atom. The first kappa shape index (κ1) is 26.7. The van der Waals surface area contributed by atoms with Crippen LogP contribution in [0.2, 0.25) is 0 Å². The quantitative estimate of drug-likeness (QED) is 0.430. The van der Waals surface area contributed by atoms with Gasteiger partial charge in [-0.2, -0.15) is 5.26 Å². The van der Waals surface area contributed by atoms with Crippen LogP contribution in [0.5, 0.6) is 0 Å². The van der Waals surface area contributed by atoms with E-state index in [0.717, 1.165) is 42.1 Å². The van der Waals surface area contributed by atoms with Crippen LogP contribution in [0, 0.1) is 11.3 Å². The van der Waals surface area contributed by atoms with Gasteiger partial charge in [0.2, 0.25) is 0 Å². The smallest absolute Gasteiger partial charge is 0.407 e. The Morgan fingerprint density at radius 3 is 2.21 bits per heavy atom. The lowest BCUT2D eigenvalue weighted by atomic mass is 9.91. The first-order valence-electron chi connectivity index (χ1n) is 12.7. The minimum atomic E-state index is -1.00. The normalized spacial score (nSPS) is 17.4. The van der Waals surface area contributed by atoms with E-state index in [0.29, 0.717) is 17.8 Å². The van der Waals surface area contributed by atoms with Gasteiger partial charge in [0, 0.05) is 24.0 Å². The summed E-state index contributed by atoms with van der Waals surface area (Å²) >= 11 is 0. The molecule has 1 aliphatic rings. The maximum Gasteiger partial charge on any atom is 0.407 e. The average Bonchev–Trinajstić information content (AvgIpc) is 3.22.